The van der Waals surface area contributed by atoms with Gasteiger partial charge < -0.3 is 10.4 Å². The van der Waals surface area contributed by atoms with Crippen molar-refractivity contribution in [3.63, 3.8) is 0 Å². The number of aliphatic hydroxyl groups is 1. The molecule has 1 aromatic rings. The van der Waals surface area contributed by atoms with Crippen molar-refractivity contribution in [2.24, 2.45) is 5.41 Å². The maximum absolute atomic E-state index is 8.79. The molecule has 0 amide bonds. The molecular formula is C11H18ClN3O. The first-order valence-electron chi connectivity index (χ1n) is 5.36. The molecule has 0 saturated carbocycles. The summed E-state index contributed by atoms with van der Waals surface area (Å²) < 4.78 is 0. The van der Waals surface area contributed by atoms with E-state index in [9.17, 15) is 0 Å². The molecule has 1 heterocycles. The summed E-state index contributed by atoms with van der Waals surface area (Å²) in [6, 6.07) is 1.70. The van der Waals surface area contributed by atoms with Crippen LogP contribution in [0.1, 0.15) is 26.7 Å². The van der Waals surface area contributed by atoms with Crippen molar-refractivity contribution < 1.29 is 5.11 Å². The third kappa shape index (κ3) is 4.77. The SMILES string of the molecule is CC(C)(CCCO)CNc1cc(Cl)ncn1. The number of nitrogens with zero attached hydrogens (tertiary/aromatic N) is 2. The largest absolute Gasteiger partial charge is 0.396 e. The fraction of sp³-hybridized carbons (Fsp3) is 0.636. The average Bonchev–Trinajstić information content (AvgIpc) is 2.24. The van der Waals surface area contributed by atoms with Crippen LogP contribution in [-0.2, 0) is 0 Å². The Morgan fingerprint density at radius 1 is 1.44 bits per heavy atom. The van der Waals surface area contributed by atoms with Gasteiger partial charge in [0.05, 0.1) is 0 Å². The average molecular weight is 244 g/mol. The summed E-state index contributed by atoms with van der Waals surface area (Å²) in [6.45, 7) is 5.33. The highest BCUT2D eigenvalue weighted by Gasteiger charge is 2.17. The van der Waals surface area contributed by atoms with Gasteiger partial charge in [-0.05, 0) is 18.3 Å². The highest BCUT2D eigenvalue weighted by atomic mass is 35.5. The van der Waals surface area contributed by atoms with Crippen molar-refractivity contribution in [3.05, 3.63) is 17.5 Å². The Hall–Kier alpha value is -0.870. The smallest absolute Gasteiger partial charge is 0.134 e. The summed E-state index contributed by atoms with van der Waals surface area (Å²) in [7, 11) is 0. The van der Waals surface area contributed by atoms with E-state index in [-0.39, 0.29) is 12.0 Å². The van der Waals surface area contributed by atoms with Crippen molar-refractivity contribution in [1.82, 2.24) is 9.97 Å². The Morgan fingerprint density at radius 3 is 2.81 bits per heavy atom. The van der Waals surface area contributed by atoms with Crippen LogP contribution in [0.15, 0.2) is 12.4 Å². The topological polar surface area (TPSA) is 58.0 Å². The first-order valence-corrected chi connectivity index (χ1v) is 5.73. The van der Waals surface area contributed by atoms with E-state index in [1.165, 1.54) is 6.33 Å². The highest BCUT2D eigenvalue weighted by Crippen LogP contribution is 2.22. The van der Waals surface area contributed by atoms with Gasteiger partial charge >= 0.3 is 0 Å². The molecule has 0 aromatic carbocycles. The number of nitrogens with one attached hydrogen (secondary N) is 1. The first kappa shape index (κ1) is 13.2. The van der Waals surface area contributed by atoms with E-state index >= 15 is 0 Å². The van der Waals surface area contributed by atoms with Crippen LogP contribution in [0.2, 0.25) is 5.15 Å². The summed E-state index contributed by atoms with van der Waals surface area (Å²) in [5.74, 6) is 0.733. The minimum atomic E-state index is 0.125. The molecule has 1 aromatic heterocycles. The molecule has 0 fully saturated rings. The van der Waals surface area contributed by atoms with E-state index in [4.69, 9.17) is 16.7 Å². The lowest BCUT2D eigenvalue weighted by Crippen LogP contribution is -2.23. The second-order valence-corrected chi connectivity index (χ2v) is 4.96. The standard InChI is InChI=1S/C11H18ClN3O/c1-11(2,4-3-5-16)7-13-10-6-9(12)14-8-15-10/h6,8,16H,3-5,7H2,1-2H3,(H,13,14,15). The summed E-state index contributed by atoms with van der Waals surface area (Å²) in [6.07, 6.45) is 3.22. The van der Waals surface area contributed by atoms with Gasteiger partial charge in [-0.1, -0.05) is 25.4 Å². The van der Waals surface area contributed by atoms with E-state index in [0.717, 1.165) is 25.2 Å². The lowest BCUT2D eigenvalue weighted by Gasteiger charge is -2.24. The monoisotopic (exact) mass is 243 g/mol. The third-order valence-electron chi connectivity index (χ3n) is 2.39. The quantitative estimate of drug-likeness (QED) is 0.753. The molecule has 0 aliphatic heterocycles. The molecule has 0 unspecified atom stereocenters. The molecular weight excluding hydrogens is 226 g/mol. The van der Waals surface area contributed by atoms with Gasteiger partial charge in [0.1, 0.15) is 17.3 Å². The molecule has 5 heteroatoms. The van der Waals surface area contributed by atoms with Gasteiger partial charge in [-0.3, -0.25) is 0 Å². The normalized spacial score (nSPS) is 11.5. The molecule has 0 radical (unpaired) electrons. The van der Waals surface area contributed by atoms with E-state index in [2.05, 4.69) is 29.1 Å². The van der Waals surface area contributed by atoms with Crippen molar-refractivity contribution >= 4 is 17.4 Å². The fourth-order valence-corrected chi connectivity index (χ4v) is 1.55. The van der Waals surface area contributed by atoms with Crippen LogP contribution in [-0.4, -0.2) is 28.2 Å². The van der Waals surface area contributed by atoms with Gasteiger partial charge in [-0.15, -0.1) is 0 Å². The van der Waals surface area contributed by atoms with Crippen LogP contribution in [0.5, 0.6) is 0 Å². The van der Waals surface area contributed by atoms with E-state index in [1.807, 2.05) is 0 Å². The third-order valence-corrected chi connectivity index (χ3v) is 2.60. The van der Waals surface area contributed by atoms with Gasteiger partial charge in [0.15, 0.2) is 0 Å². The number of aliphatic hydroxyl groups excluding tert-OH is 1. The van der Waals surface area contributed by atoms with Crippen LogP contribution >= 0.6 is 11.6 Å². The molecule has 0 aliphatic carbocycles. The minimum Gasteiger partial charge on any atom is -0.396 e. The lowest BCUT2D eigenvalue weighted by atomic mass is 9.88. The van der Waals surface area contributed by atoms with Gasteiger partial charge in [0, 0.05) is 19.2 Å². The number of aromatic nitrogens is 2. The minimum absolute atomic E-state index is 0.125. The predicted octanol–water partition coefficient (Wildman–Crippen LogP) is 2.34. The van der Waals surface area contributed by atoms with Crippen LogP contribution < -0.4 is 5.32 Å². The molecule has 2 N–H and O–H groups in total. The van der Waals surface area contributed by atoms with Gasteiger partial charge in [0.2, 0.25) is 0 Å². The van der Waals surface area contributed by atoms with Crippen molar-refractivity contribution in [2.75, 3.05) is 18.5 Å². The number of hydrogen-bond acceptors (Lipinski definition) is 4. The first-order chi connectivity index (χ1) is 7.53. The zero-order valence-corrected chi connectivity index (χ0v) is 10.5. The Labute approximate surface area is 101 Å². The van der Waals surface area contributed by atoms with Crippen LogP contribution in [0.25, 0.3) is 0 Å². The Morgan fingerprint density at radius 2 is 2.19 bits per heavy atom. The van der Waals surface area contributed by atoms with Gasteiger partial charge in [-0.25, -0.2) is 9.97 Å². The summed E-state index contributed by atoms with van der Waals surface area (Å²) in [5.41, 5.74) is 0.125. The summed E-state index contributed by atoms with van der Waals surface area (Å²) in [5, 5.41) is 12.4. The van der Waals surface area contributed by atoms with Crippen LogP contribution in [0.3, 0.4) is 0 Å². The molecule has 0 saturated heterocycles. The zero-order chi connectivity index (χ0) is 12.0. The van der Waals surface area contributed by atoms with Crippen molar-refractivity contribution in [3.8, 4) is 0 Å². The Kier molecular flexibility index (Phi) is 4.96. The van der Waals surface area contributed by atoms with Gasteiger partial charge in [0.25, 0.3) is 0 Å². The molecule has 0 spiro atoms. The van der Waals surface area contributed by atoms with E-state index < -0.39 is 0 Å². The second-order valence-electron chi connectivity index (χ2n) is 4.57. The molecule has 0 atom stereocenters. The number of halogens is 1. The van der Waals surface area contributed by atoms with Crippen LogP contribution in [0.4, 0.5) is 5.82 Å². The molecule has 0 aliphatic rings. The summed E-state index contributed by atoms with van der Waals surface area (Å²) in [4.78, 5) is 7.88. The molecule has 90 valence electrons. The Bertz CT molecular complexity index is 331. The number of anilines is 1. The maximum Gasteiger partial charge on any atom is 0.134 e. The molecule has 4 nitrogen and oxygen atoms in total. The second kappa shape index (κ2) is 6.01. The van der Waals surface area contributed by atoms with Crippen molar-refractivity contribution in [1.29, 1.82) is 0 Å². The Balaban J connectivity index is 2.44. The number of hydrogen-bond donors (Lipinski definition) is 2. The van der Waals surface area contributed by atoms with Crippen LogP contribution in [0, 0.1) is 5.41 Å². The maximum atomic E-state index is 8.79. The van der Waals surface area contributed by atoms with E-state index in [0.29, 0.717) is 5.15 Å². The molecule has 0 bridgehead atoms. The fourth-order valence-electron chi connectivity index (χ4n) is 1.41. The zero-order valence-electron chi connectivity index (χ0n) is 9.70. The highest BCUT2D eigenvalue weighted by molar-refractivity contribution is 6.29. The number of rotatable bonds is 6. The molecule has 16 heavy (non-hydrogen) atoms. The van der Waals surface area contributed by atoms with Gasteiger partial charge in [-0.2, -0.15) is 0 Å². The predicted molar refractivity (Wildman–Crippen MR) is 65.6 cm³/mol. The lowest BCUT2D eigenvalue weighted by molar-refractivity contribution is 0.248. The summed E-state index contributed by atoms with van der Waals surface area (Å²) >= 11 is 5.75. The van der Waals surface area contributed by atoms with Crippen molar-refractivity contribution in [2.45, 2.75) is 26.7 Å². The molecule has 1 rings (SSSR count). The van der Waals surface area contributed by atoms with E-state index in [1.54, 1.807) is 6.07 Å².